The van der Waals surface area contributed by atoms with E-state index < -0.39 is 0 Å². The monoisotopic (exact) mass is 182 g/mol. The molecule has 13 heavy (non-hydrogen) atoms. The summed E-state index contributed by atoms with van der Waals surface area (Å²) in [5, 5.41) is 7.17. The Balaban J connectivity index is 1.66. The van der Waals surface area contributed by atoms with Crippen molar-refractivity contribution in [1.29, 1.82) is 0 Å². The van der Waals surface area contributed by atoms with Crippen molar-refractivity contribution in [2.45, 2.75) is 38.6 Å². The Morgan fingerprint density at radius 2 is 2.15 bits per heavy atom. The van der Waals surface area contributed by atoms with Crippen LogP contribution in [0.2, 0.25) is 0 Å². The van der Waals surface area contributed by atoms with Crippen LogP contribution >= 0.6 is 0 Å². The smallest absolute Gasteiger partial charge is 0.0117 e. The highest BCUT2D eigenvalue weighted by molar-refractivity contribution is 4.82. The molecule has 0 radical (unpaired) electrons. The lowest BCUT2D eigenvalue weighted by Gasteiger charge is -2.33. The molecule has 0 aromatic rings. The number of hydrogen-bond donors (Lipinski definition) is 2. The molecule has 1 aliphatic heterocycles. The Morgan fingerprint density at radius 3 is 2.77 bits per heavy atom. The minimum Gasteiger partial charge on any atom is -0.316 e. The Bertz CT molecular complexity index is 154. The maximum atomic E-state index is 3.73. The van der Waals surface area contributed by atoms with Crippen LogP contribution in [-0.2, 0) is 0 Å². The summed E-state index contributed by atoms with van der Waals surface area (Å²) in [6, 6.07) is 0.779. The van der Waals surface area contributed by atoms with Gasteiger partial charge in [0.05, 0.1) is 0 Å². The molecule has 0 amide bonds. The second-order valence-corrected chi connectivity index (χ2v) is 4.78. The zero-order valence-electron chi connectivity index (χ0n) is 8.68. The van der Waals surface area contributed by atoms with E-state index in [-0.39, 0.29) is 0 Å². The lowest BCUT2D eigenvalue weighted by molar-refractivity contribution is 0.243. The quantitative estimate of drug-likeness (QED) is 0.689. The first-order valence-corrected chi connectivity index (χ1v) is 5.80. The predicted molar refractivity (Wildman–Crippen MR) is 55.8 cm³/mol. The fraction of sp³-hybridized carbons (Fsp3) is 1.00. The normalized spacial score (nSPS) is 35.8. The number of hydrogen-bond acceptors (Lipinski definition) is 2. The van der Waals surface area contributed by atoms with E-state index in [9.17, 15) is 0 Å². The predicted octanol–water partition coefficient (Wildman–Crippen LogP) is 1.37. The molecule has 2 nitrogen and oxygen atoms in total. The van der Waals surface area contributed by atoms with Gasteiger partial charge >= 0.3 is 0 Å². The van der Waals surface area contributed by atoms with E-state index >= 15 is 0 Å². The number of rotatable bonds is 3. The maximum absolute atomic E-state index is 3.73. The first-order valence-electron chi connectivity index (χ1n) is 5.80. The van der Waals surface area contributed by atoms with Crippen molar-refractivity contribution in [3.63, 3.8) is 0 Å². The Hall–Kier alpha value is -0.0800. The van der Waals surface area contributed by atoms with E-state index in [4.69, 9.17) is 0 Å². The van der Waals surface area contributed by atoms with Gasteiger partial charge in [-0.1, -0.05) is 13.3 Å². The van der Waals surface area contributed by atoms with Crippen LogP contribution < -0.4 is 10.6 Å². The maximum Gasteiger partial charge on any atom is 0.0117 e. The van der Waals surface area contributed by atoms with Gasteiger partial charge in [0, 0.05) is 6.04 Å². The van der Waals surface area contributed by atoms with Crippen molar-refractivity contribution < 1.29 is 0 Å². The number of nitrogens with one attached hydrogen (secondary N) is 2. The van der Waals surface area contributed by atoms with E-state index in [1.54, 1.807) is 0 Å². The highest BCUT2D eigenvalue weighted by Gasteiger charge is 2.23. The fourth-order valence-electron chi connectivity index (χ4n) is 2.33. The van der Waals surface area contributed by atoms with Crippen LogP contribution in [-0.4, -0.2) is 25.7 Å². The van der Waals surface area contributed by atoms with Gasteiger partial charge < -0.3 is 10.6 Å². The van der Waals surface area contributed by atoms with Crippen molar-refractivity contribution in [3.05, 3.63) is 0 Å². The Labute approximate surface area is 81.5 Å². The molecule has 2 rings (SSSR count). The summed E-state index contributed by atoms with van der Waals surface area (Å²) in [4.78, 5) is 0. The van der Waals surface area contributed by atoms with Crippen molar-refractivity contribution in [3.8, 4) is 0 Å². The Morgan fingerprint density at radius 1 is 1.31 bits per heavy atom. The lowest BCUT2D eigenvalue weighted by Crippen LogP contribution is -2.48. The molecule has 2 aliphatic rings. The zero-order chi connectivity index (χ0) is 9.10. The second-order valence-electron chi connectivity index (χ2n) is 4.78. The topological polar surface area (TPSA) is 24.1 Å². The zero-order valence-corrected chi connectivity index (χ0v) is 8.68. The Kier molecular flexibility index (Phi) is 3.23. The molecule has 1 saturated heterocycles. The average molecular weight is 182 g/mol. The van der Waals surface area contributed by atoms with E-state index in [0.29, 0.717) is 0 Å². The minimum absolute atomic E-state index is 0.779. The highest BCUT2D eigenvalue weighted by atomic mass is 15.0. The lowest BCUT2D eigenvalue weighted by atomic mass is 9.84. The summed E-state index contributed by atoms with van der Waals surface area (Å²) in [5.41, 5.74) is 0. The molecule has 2 N–H and O–H groups in total. The van der Waals surface area contributed by atoms with Crippen LogP contribution in [0.15, 0.2) is 0 Å². The molecular weight excluding hydrogens is 160 g/mol. The molecule has 1 aliphatic carbocycles. The molecular formula is C11H22N2. The van der Waals surface area contributed by atoms with Crippen LogP contribution in [0.4, 0.5) is 0 Å². The molecule has 1 heterocycles. The summed E-state index contributed by atoms with van der Waals surface area (Å²) >= 11 is 0. The molecule has 0 bridgehead atoms. The molecule has 2 unspecified atom stereocenters. The summed E-state index contributed by atoms with van der Waals surface area (Å²) in [6.07, 6.45) is 5.71. The number of piperidine rings is 1. The van der Waals surface area contributed by atoms with Gasteiger partial charge in [0.2, 0.25) is 0 Å². The molecule has 1 saturated carbocycles. The third-order valence-electron chi connectivity index (χ3n) is 3.68. The van der Waals surface area contributed by atoms with E-state index in [1.165, 1.54) is 45.3 Å². The molecule has 0 aromatic heterocycles. The third kappa shape index (κ3) is 2.44. The van der Waals surface area contributed by atoms with Crippen LogP contribution in [0.1, 0.15) is 32.6 Å². The van der Waals surface area contributed by atoms with Crippen molar-refractivity contribution in [2.75, 3.05) is 19.6 Å². The van der Waals surface area contributed by atoms with E-state index in [2.05, 4.69) is 17.6 Å². The van der Waals surface area contributed by atoms with Gasteiger partial charge in [-0.15, -0.1) is 0 Å². The van der Waals surface area contributed by atoms with Crippen LogP contribution in [0.25, 0.3) is 0 Å². The van der Waals surface area contributed by atoms with Crippen LogP contribution in [0.5, 0.6) is 0 Å². The van der Waals surface area contributed by atoms with E-state index in [1.807, 2.05) is 0 Å². The average Bonchev–Trinajstić information content (AvgIpc) is 2.05. The summed E-state index contributed by atoms with van der Waals surface area (Å²) in [5.74, 6) is 1.82. The fourth-order valence-corrected chi connectivity index (χ4v) is 2.33. The molecule has 0 spiro atoms. The van der Waals surface area contributed by atoms with Gasteiger partial charge in [-0.3, -0.25) is 0 Å². The summed E-state index contributed by atoms with van der Waals surface area (Å²) < 4.78 is 0. The van der Waals surface area contributed by atoms with E-state index in [0.717, 1.165) is 17.9 Å². The third-order valence-corrected chi connectivity index (χ3v) is 3.68. The first kappa shape index (κ1) is 9.47. The highest BCUT2D eigenvalue weighted by Crippen LogP contribution is 2.25. The van der Waals surface area contributed by atoms with Crippen LogP contribution in [0, 0.1) is 11.8 Å². The van der Waals surface area contributed by atoms with Gasteiger partial charge in [-0.2, -0.15) is 0 Å². The van der Waals surface area contributed by atoms with Crippen molar-refractivity contribution >= 4 is 0 Å². The van der Waals surface area contributed by atoms with Gasteiger partial charge in [-0.05, 0) is 50.7 Å². The largest absolute Gasteiger partial charge is 0.316 e. The van der Waals surface area contributed by atoms with Gasteiger partial charge in [0.15, 0.2) is 0 Å². The molecule has 2 atom stereocenters. The van der Waals surface area contributed by atoms with Gasteiger partial charge in [-0.25, -0.2) is 0 Å². The standard InChI is InChI=1S/C11H22N2/c1-9-7-12-6-5-11(9)13-8-10-3-2-4-10/h9-13H,2-8H2,1H3. The molecule has 0 aromatic carbocycles. The second kappa shape index (κ2) is 4.43. The van der Waals surface area contributed by atoms with Crippen molar-refractivity contribution in [2.24, 2.45) is 11.8 Å². The molecule has 76 valence electrons. The summed E-state index contributed by atoms with van der Waals surface area (Å²) in [6.45, 7) is 6.02. The minimum atomic E-state index is 0.779. The van der Waals surface area contributed by atoms with Gasteiger partial charge in [0.25, 0.3) is 0 Å². The van der Waals surface area contributed by atoms with Crippen LogP contribution in [0.3, 0.4) is 0 Å². The SMILES string of the molecule is CC1CNCCC1NCC1CCC1. The summed E-state index contributed by atoms with van der Waals surface area (Å²) in [7, 11) is 0. The van der Waals surface area contributed by atoms with Crippen molar-refractivity contribution in [1.82, 2.24) is 10.6 Å². The molecule has 2 heteroatoms. The van der Waals surface area contributed by atoms with Gasteiger partial charge in [0.1, 0.15) is 0 Å². The molecule has 2 fully saturated rings. The first-order chi connectivity index (χ1) is 6.36.